The molecule has 0 saturated heterocycles. The van der Waals surface area contributed by atoms with Crippen molar-refractivity contribution in [2.45, 2.75) is 30.8 Å². The van der Waals surface area contributed by atoms with Crippen LogP contribution in [0, 0.1) is 11.3 Å². The topological polar surface area (TPSA) is 199 Å². The summed E-state index contributed by atoms with van der Waals surface area (Å²) in [6.45, 7) is -0.490. The van der Waals surface area contributed by atoms with Gasteiger partial charge in [-0.25, -0.2) is 9.97 Å². The molecule has 7 N–H and O–H groups in total. The van der Waals surface area contributed by atoms with Crippen molar-refractivity contribution in [1.82, 2.24) is 20.3 Å². The van der Waals surface area contributed by atoms with Gasteiger partial charge in [0.2, 0.25) is 5.95 Å². The van der Waals surface area contributed by atoms with Gasteiger partial charge in [-0.3, -0.25) is 4.79 Å². The van der Waals surface area contributed by atoms with Crippen molar-refractivity contribution in [3.63, 3.8) is 0 Å². The van der Waals surface area contributed by atoms with Crippen LogP contribution in [0.3, 0.4) is 0 Å². The van der Waals surface area contributed by atoms with Crippen LogP contribution in [0.2, 0.25) is 0 Å². The van der Waals surface area contributed by atoms with Crippen molar-refractivity contribution in [3.05, 3.63) is 77.6 Å². The Kier molecular flexibility index (Phi) is 9.61. The molecule has 0 aliphatic carbocycles. The number of aromatic nitrogens is 3. The van der Waals surface area contributed by atoms with E-state index in [4.69, 9.17) is 5.11 Å². The van der Waals surface area contributed by atoms with Crippen LogP contribution < -0.4 is 10.2 Å². The summed E-state index contributed by atoms with van der Waals surface area (Å²) >= 11 is 0. The second-order valence-electron chi connectivity index (χ2n) is 9.70. The van der Waals surface area contributed by atoms with E-state index >= 15 is 0 Å². The molecule has 0 unspecified atom stereocenters. The van der Waals surface area contributed by atoms with Crippen molar-refractivity contribution in [3.8, 4) is 17.3 Å². The van der Waals surface area contributed by atoms with Crippen LogP contribution in [0.15, 0.2) is 60.9 Å². The molecule has 4 rings (SSSR count). The highest BCUT2D eigenvalue weighted by molar-refractivity contribution is 5.94. The largest absolute Gasteiger partial charge is 0.394 e. The van der Waals surface area contributed by atoms with Crippen molar-refractivity contribution in [2.24, 2.45) is 0 Å². The summed E-state index contributed by atoms with van der Waals surface area (Å²) in [4.78, 5) is 25.9. The van der Waals surface area contributed by atoms with Crippen molar-refractivity contribution < 1.29 is 30.3 Å². The van der Waals surface area contributed by atoms with E-state index in [2.05, 4.69) is 26.3 Å². The number of hydrogen-bond acceptors (Lipinski definition) is 10. The van der Waals surface area contributed by atoms with Gasteiger partial charge in [-0.1, -0.05) is 18.2 Å². The molecule has 12 heteroatoms. The van der Waals surface area contributed by atoms with Crippen LogP contribution in [-0.4, -0.2) is 97.6 Å². The van der Waals surface area contributed by atoms with E-state index in [1.807, 2.05) is 18.2 Å². The lowest BCUT2D eigenvalue weighted by Gasteiger charge is -2.28. The Labute approximate surface area is 236 Å². The predicted octanol–water partition coefficient (Wildman–Crippen LogP) is 0.341. The highest BCUT2D eigenvalue weighted by Gasteiger charge is 2.31. The third-order valence-electron chi connectivity index (χ3n) is 6.78. The highest BCUT2D eigenvalue weighted by Crippen LogP contribution is 2.21. The van der Waals surface area contributed by atoms with Crippen LogP contribution in [0.5, 0.6) is 0 Å². The lowest BCUT2D eigenvalue weighted by molar-refractivity contribution is -0.112. The fourth-order valence-corrected chi connectivity index (χ4v) is 4.36. The number of aromatic amines is 1. The first-order chi connectivity index (χ1) is 19.7. The summed E-state index contributed by atoms with van der Waals surface area (Å²) in [5, 5.41) is 61.6. The summed E-state index contributed by atoms with van der Waals surface area (Å²) < 4.78 is 0. The number of H-pyrrole nitrogens is 1. The van der Waals surface area contributed by atoms with E-state index in [0.29, 0.717) is 29.8 Å². The van der Waals surface area contributed by atoms with Gasteiger partial charge in [0.15, 0.2) is 0 Å². The Hall–Kier alpha value is -4.38. The summed E-state index contributed by atoms with van der Waals surface area (Å²) in [7, 11) is 1.59. The van der Waals surface area contributed by atoms with Crippen LogP contribution in [-0.2, 0) is 6.42 Å². The van der Waals surface area contributed by atoms with Gasteiger partial charge < -0.3 is 40.7 Å². The molecule has 1 amide bonds. The molecule has 0 fully saturated rings. The molecular weight excluding hydrogens is 528 g/mol. The Balaban J connectivity index is 1.34. The first kappa shape index (κ1) is 29.6. The quantitative estimate of drug-likeness (QED) is 0.127. The lowest BCUT2D eigenvalue weighted by atomic mass is 10.0. The fraction of sp³-hybridized carbons (Fsp3) is 0.310. The second-order valence-corrected chi connectivity index (χ2v) is 9.70. The van der Waals surface area contributed by atoms with Crippen LogP contribution in [0.4, 0.5) is 5.95 Å². The minimum atomic E-state index is -1.72. The van der Waals surface area contributed by atoms with Gasteiger partial charge in [-0.2, -0.15) is 5.26 Å². The van der Waals surface area contributed by atoms with E-state index in [0.717, 1.165) is 22.0 Å². The van der Waals surface area contributed by atoms with Crippen molar-refractivity contribution in [1.29, 1.82) is 5.26 Å². The number of benzene rings is 2. The Morgan fingerprint density at radius 1 is 1.07 bits per heavy atom. The average molecular weight is 561 g/mol. The number of carbonyl (C=O) groups is 1. The van der Waals surface area contributed by atoms with Gasteiger partial charge in [0, 0.05) is 54.6 Å². The van der Waals surface area contributed by atoms with E-state index in [9.17, 15) is 30.5 Å². The zero-order chi connectivity index (χ0) is 29.5. The molecule has 0 aliphatic rings. The molecule has 0 bridgehead atoms. The van der Waals surface area contributed by atoms with E-state index < -0.39 is 31.0 Å². The smallest absolute Gasteiger partial charge is 0.251 e. The number of anilines is 1. The molecule has 4 aromatic rings. The molecule has 2 aromatic carbocycles. The Morgan fingerprint density at radius 2 is 1.80 bits per heavy atom. The summed E-state index contributed by atoms with van der Waals surface area (Å²) in [6, 6.07) is 16.6. The Morgan fingerprint density at radius 3 is 2.51 bits per heavy atom. The zero-order valence-corrected chi connectivity index (χ0v) is 22.3. The first-order valence-electron chi connectivity index (χ1n) is 13.0. The zero-order valence-electron chi connectivity index (χ0n) is 22.3. The molecule has 0 saturated carbocycles. The SMILES string of the molecule is CN(C[C@H](O)[C@@H](O)[C@H](O)[C@H](O)CO)c1nccc(-c2ccc(C(=O)NCCc3ccc4[nH]cc(C#N)c4c3)cc2)n1. The number of carbonyl (C=O) groups excluding carboxylic acids is 1. The number of amides is 1. The highest BCUT2D eigenvalue weighted by atomic mass is 16.4. The minimum absolute atomic E-state index is 0.155. The lowest BCUT2D eigenvalue weighted by Crippen LogP contribution is -2.49. The van der Waals surface area contributed by atoms with Gasteiger partial charge in [0.05, 0.1) is 17.9 Å². The minimum Gasteiger partial charge on any atom is -0.394 e. The predicted molar refractivity (Wildman–Crippen MR) is 151 cm³/mol. The maximum Gasteiger partial charge on any atom is 0.251 e. The van der Waals surface area contributed by atoms with Gasteiger partial charge in [-0.15, -0.1) is 0 Å². The van der Waals surface area contributed by atoms with Gasteiger partial charge in [0.1, 0.15) is 30.5 Å². The average Bonchev–Trinajstić information content (AvgIpc) is 3.42. The summed E-state index contributed by atoms with van der Waals surface area (Å²) in [6.07, 6.45) is -2.64. The molecule has 0 radical (unpaired) electrons. The Bertz CT molecular complexity index is 1520. The van der Waals surface area contributed by atoms with Gasteiger partial charge in [0.25, 0.3) is 5.91 Å². The molecule has 12 nitrogen and oxygen atoms in total. The number of rotatable bonds is 12. The molecule has 2 aromatic heterocycles. The van der Waals surface area contributed by atoms with Crippen molar-refractivity contribution >= 4 is 22.8 Å². The van der Waals surface area contributed by atoms with E-state index in [1.165, 1.54) is 11.1 Å². The number of hydrogen-bond donors (Lipinski definition) is 7. The molecule has 4 atom stereocenters. The molecule has 0 spiro atoms. The van der Waals surface area contributed by atoms with E-state index in [-0.39, 0.29) is 18.4 Å². The summed E-state index contributed by atoms with van der Waals surface area (Å²) in [5.74, 6) is 0.0219. The number of fused-ring (bicyclic) bond motifs is 1. The standard InChI is InChI=1S/C29H32N6O6/c1-35(15-24(37)26(39)27(40)25(38)16-36)29-32-11-9-22(34-29)18-3-5-19(6-4-18)28(41)31-10-8-17-2-7-23-21(12-17)20(13-30)14-33-23/h2-7,9,11-12,14,24-27,33,36-40H,8,10,15-16H2,1H3,(H,31,41)/t24-,25+,26+,27+/m0/s1. The molecular formula is C29H32N6O6. The first-order valence-corrected chi connectivity index (χ1v) is 13.0. The molecule has 2 heterocycles. The number of likely N-dealkylation sites (N-methyl/N-ethyl adjacent to an activating group) is 1. The number of nitrogens with zero attached hydrogens (tertiary/aromatic N) is 4. The monoisotopic (exact) mass is 560 g/mol. The maximum absolute atomic E-state index is 12.7. The second kappa shape index (κ2) is 13.3. The van der Waals surface area contributed by atoms with Crippen LogP contribution >= 0.6 is 0 Å². The number of nitrogens with one attached hydrogen (secondary N) is 2. The third-order valence-corrected chi connectivity index (χ3v) is 6.78. The maximum atomic E-state index is 12.7. The molecule has 41 heavy (non-hydrogen) atoms. The number of nitriles is 1. The van der Waals surface area contributed by atoms with Crippen molar-refractivity contribution in [2.75, 3.05) is 31.6 Å². The third kappa shape index (κ3) is 7.04. The number of aliphatic hydroxyl groups excluding tert-OH is 5. The van der Waals surface area contributed by atoms with Crippen LogP contribution in [0.1, 0.15) is 21.5 Å². The molecule has 0 aliphatic heterocycles. The number of aliphatic hydroxyl groups is 5. The normalized spacial score (nSPS) is 14.2. The van der Waals surface area contributed by atoms with Crippen LogP contribution in [0.25, 0.3) is 22.2 Å². The van der Waals surface area contributed by atoms with Gasteiger partial charge in [-0.05, 0) is 42.3 Å². The molecule has 214 valence electrons. The van der Waals surface area contributed by atoms with E-state index in [1.54, 1.807) is 43.6 Å². The fourth-order valence-electron chi connectivity index (χ4n) is 4.36. The van der Waals surface area contributed by atoms with Gasteiger partial charge >= 0.3 is 0 Å². The summed E-state index contributed by atoms with van der Waals surface area (Å²) in [5.41, 5.74) is 4.26.